The van der Waals surface area contributed by atoms with E-state index in [1.165, 1.54) is 0 Å². The number of amides is 3. The van der Waals surface area contributed by atoms with Gasteiger partial charge >= 0.3 is 0 Å². The highest BCUT2D eigenvalue weighted by Crippen LogP contribution is 2.40. The van der Waals surface area contributed by atoms with Gasteiger partial charge in [-0.15, -0.1) is 0 Å². The lowest BCUT2D eigenvalue weighted by atomic mass is 9.64. The van der Waals surface area contributed by atoms with Crippen LogP contribution in [0.15, 0.2) is 0 Å². The summed E-state index contributed by atoms with van der Waals surface area (Å²) in [7, 11) is 0. The second-order valence-electron chi connectivity index (χ2n) is 5.88. The van der Waals surface area contributed by atoms with Crippen molar-refractivity contribution in [2.75, 3.05) is 6.54 Å². The van der Waals surface area contributed by atoms with E-state index in [0.717, 1.165) is 4.90 Å². The molecule has 1 saturated carbocycles. The van der Waals surface area contributed by atoms with Crippen molar-refractivity contribution in [3.8, 4) is 0 Å². The van der Waals surface area contributed by atoms with Gasteiger partial charge in [-0.05, 0) is 6.42 Å². The minimum absolute atomic E-state index is 0.0417. The summed E-state index contributed by atoms with van der Waals surface area (Å²) in [5.41, 5.74) is -0.311. The van der Waals surface area contributed by atoms with Gasteiger partial charge in [-0.2, -0.15) is 0 Å². The lowest BCUT2D eigenvalue weighted by Gasteiger charge is -2.49. The Morgan fingerprint density at radius 1 is 1.37 bits per heavy atom. The fourth-order valence-electron chi connectivity index (χ4n) is 2.50. The minimum atomic E-state index is -0.389. The van der Waals surface area contributed by atoms with E-state index in [1.54, 1.807) is 0 Å². The molecule has 3 amide bonds. The second kappa shape index (κ2) is 4.92. The van der Waals surface area contributed by atoms with Crippen molar-refractivity contribution in [3.05, 3.63) is 0 Å². The van der Waals surface area contributed by atoms with E-state index in [4.69, 9.17) is 0 Å². The average Bonchev–Trinajstić information content (AvgIpc) is 2.66. The molecule has 6 heteroatoms. The summed E-state index contributed by atoms with van der Waals surface area (Å²) < 4.78 is 0. The Balaban J connectivity index is 1.77. The molecule has 0 radical (unpaired) electrons. The molecule has 1 heterocycles. The maximum absolute atomic E-state index is 11.8. The van der Waals surface area contributed by atoms with Crippen LogP contribution < -0.4 is 5.32 Å². The number of rotatable bonds is 4. The molecule has 2 fully saturated rings. The van der Waals surface area contributed by atoms with Crippen molar-refractivity contribution in [1.29, 1.82) is 0 Å². The molecule has 2 N–H and O–H groups in total. The first-order valence-corrected chi connectivity index (χ1v) is 6.63. The number of hydrogen-bond acceptors (Lipinski definition) is 4. The van der Waals surface area contributed by atoms with Gasteiger partial charge in [0.15, 0.2) is 0 Å². The van der Waals surface area contributed by atoms with Crippen LogP contribution in [0.25, 0.3) is 0 Å². The minimum Gasteiger partial charge on any atom is -0.392 e. The van der Waals surface area contributed by atoms with Crippen LogP contribution in [0.1, 0.15) is 39.5 Å². The van der Waals surface area contributed by atoms with E-state index in [-0.39, 0.29) is 61.1 Å². The van der Waals surface area contributed by atoms with Gasteiger partial charge in [0.25, 0.3) is 0 Å². The zero-order chi connectivity index (χ0) is 14.2. The number of nitrogens with one attached hydrogen (secondary N) is 1. The first kappa shape index (κ1) is 14.0. The Labute approximate surface area is 112 Å². The zero-order valence-electron chi connectivity index (χ0n) is 11.3. The van der Waals surface area contributed by atoms with E-state index >= 15 is 0 Å². The van der Waals surface area contributed by atoms with Crippen molar-refractivity contribution >= 4 is 17.7 Å². The average molecular weight is 268 g/mol. The zero-order valence-corrected chi connectivity index (χ0v) is 11.3. The van der Waals surface area contributed by atoms with E-state index in [1.807, 2.05) is 13.8 Å². The highest BCUT2D eigenvalue weighted by Gasteiger charge is 2.47. The highest BCUT2D eigenvalue weighted by molar-refractivity contribution is 6.02. The van der Waals surface area contributed by atoms with Crippen molar-refractivity contribution in [2.45, 2.75) is 51.7 Å². The van der Waals surface area contributed by atoms with Gasteiger partial charge in [0, 0.05) is 37.3 Å². The summed E-state index contributed by atoms with van der Waals surface area (Å²) >= 11 is 0. The second-order valence-corrected chi connectivity index (χ2v) is 5.88. The molecule has 0 spiro atoms. The molecule has 1 aliphatic carbocycles. The number of imide groups is 1. The number of likely N-dealkylation sites (tertiary alicyclic amines) is 1. The Kier molecular flexibility index (Phi) is 3.62. The van der Waals surface area contributed by atoms with Crippen LogP contribution in [-0.4, -0.2) is 46.4 Å². The standard InChI is InChI=1S/C13H20N2O4/c1-13(2)8(7-9(13)16)14-10(17)5-6-15-11(18)3-4-12(15)19/h8-9,16H,3-7H2,1-2H3,(H,14,17). The van der Waals surface area contributed by atoms with Gasteiger partial charge in [-0.25, -0.2) is 0 Å². The molecule has 0 aromatic rings. The Morgan fingerprint density at radius 3 is 2.42 bits per heavy atom. The van der Waals surface area contributed by atoms with Gasteiger partial charge in [-0.3, -0.25) is 19.3 Å². The van der Waals surface area contributed by atoms with Crippen molar-refractivity contribution in [3.63, 3.8) is 0 Å². The van der Waals surface area contributed by atoms with Crippen molar-refractivity contribution < 1.29 is 19.5 Å². The third kappa shape index (κ3) is 2.63. The number of carbonyl (C=O) groups excluding carboxylic acids is 3. The van der Waals surface area contributed by atoms with Crippen LogP contribution in [0.5, 0.6) is 0 Å². The van der Waals surface area contributed by atoms with Crippen molar-refractivity contribution in [1.82, 2.24) is 10.2 Å². The Bertz CT molecular complexity index is 403. The third-order valence-electron chi connectivity index (χ3n) is 4.27. The third-order valence-corrected chi connectivity index (χ3v) is 4.27. The number of hydrogen-bond donors (Lipinski definition) is 2. The normalized spacial score (nSPS) is 29.3. The smallest absolute Gasteiger partial charge is 0.229 e. The molecule has 0 bridgehead atoms. The Morgan fingerprint density at radius 2 is 1.95 bits per heavy atom. The summed E-state index contributed by atoms with van der Waals surface area (Å²) in [4.78, 5) is 35.7. The largest absolute Gasteiger partial charge is 0.392 e. The summed E-state index contributed by atoms with van der Waals surface area (Å²) in [6.07, 6.45) is 0.796. The lowest BCUT2D eigenvalue weighted by Crippen LogP contribution is -2.61. The summed E-state index contributed by atoms with van der Waals surface area (Å²) in [5, 5.41) is 12.4. The van der Waals surface area contributed by atoms with Crippen LogP contribution >= 0.6 is 0 Å². The molecule has 2 aliphatic rings. The maximum atomic E-state index is 11.8. The number of nitrogens with zero attached hydrogens (tertiary/aromatic N) is 1. The topological polar surface area (TPSA) is 86.7 Å². The predicted molar refractivity (Wildman–Crippen MR) is 66.9 cm³/mol. The SMILES string of the molecule is CC1(C)C(O)CC1NC(=O)CCN1C(=O)CCC1=O. The fourth-order valence-corrected chi connectivity index (χ4v) is 2.50. The van der Waals surface area contributed by atoms with Gasteiger partial charge in [0.05, 0.1) is 6.10 Å². The van der Waals surface area contributed by atoms with Crippen LogP contribution in [0.4, 0.5) is 0 Å². The molecule has 0 aromatic heterocycles. The first-order chi connectivity index (χ1) is 8.82. The highest BCUT2D eigenvalue weighted by atomic mass is 16.3. The molecule has 1 saturated heterocycles. The quantitative estimate of drug-likeness (QED) is 0.691. The molecule has 2 rings (SSSR count). The maximum Gasteiger partial charge on any atom is 0.229 e. The monoisotopic (exact) mass is 268 g/mol. The number of aliphatic hydroxyl groups is 1. The molecular formula is C13H20N2O4. The Hall–Kier alpha value is -1.43. The molecular weight excluding hydrogens is 248 g/mol. The summed E-state index contributed by atoms with van der Waals surface area (Å²) in [6, 6.07) is -0.0417. The number of carbonyl (C=O) groups is 3. The fraction of sp³-hybridized carbons (Fsp3) is 0.769. The molecule has 2 unspecified atom stereocenters. The molecule has 19 heavy (non-hydrogen) atoms. The van der Waals surface area contributed by atoms with Gasteiger partial charge < -0.3 is 10.4 Å². The molecule has 2 atom stereocenters. The molecule has 106 valence electrons. The van der Waals surface area contributed by atoms with Crippen LogP contribution in [0.3, 0.4) is 0 Å². The summed E-state index contributed by atoms with van der Waals surface area (Å²) in [6.45, 7) is 3.96. The molecule has 1 aliphatic heterocycles. The first-order valence-electron chi connectivity index (χ1n) is 6.63. The van der Waals surface area contributed by atoms with Gasteiger partial charge in [0.1, 0.15) is 0 Å². The van der Waals surface area contributed by atoms with Gasteiger partial charge in [0.2, 0.25) is 17.7 Å². The van der Waals surface area contributed by atoms with Gasteiger partial charge in [-0.1, -0.05) is 13.8 Å². The van der Waals surface area contributed by atoms with Crippen LogP contribution in [0.2, 0.25) is 0 Å². The summed E-state index contributed by atoms with van der Waals surface area (Å²) in [5.74, 6) is -0.577. The van der Waals surface area contributed by atoms with E-state index < -0.39 is 0 Å². The van der Waals surface area contributed by atoms with Crippen molar-refractivity contribution in [2.24, 2.45) is 5.41 Å². The van der Waals surface area contributed by atoms with Crippen LogP contribution in [-0.2, 0) is 14.4 Å². The number of aliphatic hydroxyl groups excluding tert-OH is 1. The molecule has 6 nitrogen and oxygen atoms in total. The lowest BCUT2D eigenvalue weighted by molar-refractivity contribution is -0.139. The predicted octanol–water partition coefficient (Wildman–Crippen LogP) is -0.199. The molecule has 0 aromatic carbocycles. The van der Waals surface area contributed by atoms with Crippen LogP contribution in [0, 0.1) is 5.41 Å². The van der Waals surface area contributed by atoms with E-state index in [9.17, 15) is 19.5 Å². The van der Waals surface area contributed by atoms with E-state index in [2.05, 4.69) is 5.32 Å². The van der Waals surface area contributed by atoms with E-state index in [0.29, 0.717) is 6.42 Å².